The molecule has 1 unspecified atom stereocenters. The standard InChI is InChI=1S/C13H21ClN2/c1-10(7-14)8-15-12-6-5-11(9-16-12)13(2,3)4/h5-6,9-10H,7-8H2,1-4H3,(H,15,16). The molecular formula is C13H21ClN2. The fourth-order valence-electron chi connectivity index (χ4n) is 1.28. The number of aromatic nitrogens is 1. The second-order valence-electron chi connectivity index (χ2n) is 5.32. The Morgan fingerprint density at radius 2 is 2.06 bits per heavy atom. The van der Waals surface area contributed by atoms with Gasteiger partial charge in [0.1, 0.15) is 5.82 Å². The third-order valence-electron chi connectivity index (χ3n) is 2.52. The van der Waals surface area contributed by atoms with Crippen LogP contribution in [0.3, 0.4) is 0 Å². The molecule has 0 aliphatic carbocycles. The van der Waals surface area contributed by atoms with E-state index in [1.54, 1.807) is 0 Å². The molecule has 90 valence electrons. The van der Waals surface area contributed by atoms with Crippen molar-refractivity contribution in [3.8, 4) is 0 Å². The Hall–Kier alpha value is -0.760. The monoisotopic (exact) mass is 240 g/mol. The molecule has 1 aromatic heterocycles. The molecule has 3 heteroatoms. The van der Waals surface area contributed by atoms with Crippen molar-refractivity contribution in [3.05, 3.63) is 23.9 Å². The van der Waals surface area contributed by atoms with Gasteiger partial charge in [-0.1, -0.05) is 33.8 Å². The number of nitrogens with zero attached hydrogens (tertiary/aromatic N) is 1. The predicted octanol–water partition coefficient (Wildman–Crippen LogP) is 3.67. The smallest absolute Gasteiger partial charge is 0.125 e. The highest BCUT2D eigenvalue weighted by Crippen LogP contribution is 2.21. The van der Waals surface area contributed by atoms with E-state index in [1.807, 2.05) is 12.3 Å². The van der Waals surface area contributed by atoms with E-state index in [-0.39, 0.29) is 5.41 Å². The van der Waals surface area contributed by atoms with Crippen LogP contribution in [0.5, 0.6) is 0 Å². The average Bonchev–Trinajstić information content (AvgIpc) is 2.25. The van der Waals surface area contributed by atoms with Crippen molar-refractivity contribution in [2.75, 3.05) is 17.7 Å². The number of nitrogens with one attached hydrogen (secondary N) is 1. The molecule has 1 aromatic rings. The van der Waals surface area contributed by atoms with Gasteiger partial charge in [0.15, 0.2) is 0 Å². The lowest BCUT2D eigenvalue weighted by atomic mass is 9.88. The van der Waals surface area contributed by atoms with Crippen LogP contribution >= 0.6 is 11.6 Å². The van der Waals surface area contributed by atoms with Crippen LogP contribution in [0.2, 0.25) is 0 Å². The summed E-state index contributed by atoms with van der Waals surface area (Å²) in [5.74, 6) is 2.06. The first-order valence-electron chi connectivity index (χ1n) is 5.70. The second kappa shape index (κ2) is 5.53. The van der Waals surface area contributed by atoms with Gasteiger partial charge in [0.2, 0.25) is 0 Å². The van der Waals surface area contributed by atoms with Gasteiger partial charge >= 0.3 is 0 Å². The fourth-order valence-corrected chi connectivity index (χ4v) is 1.38. The minimum absolute atomic E-state index is 0.162. The molecule has 0 amide bonds. The van der Waals surface area contributed by atoms with Gasteiger partial charge in [-0.3, -0.25) is 0 Å². The largest absolute Gasteiger partial charge is 0.370 e. The van der Waals surface area contributed by atoms with Crippen LogP contribution in [0.15, 0.2) is 18.3 Å². The Balaban J connectivity index is 2.58. The molecule has 0 saturated carbocycles. The summed E-state index contributed by atoms with van der Waals surface area (Å²) in [4.78, 5) is 4.40. The number of alkyl halides is 1. The van der Waals surface area contributed by atoms with Crippen LogP contribution in [0, 0.1) is 5.92 Å². The van der Waals surface area contributed by atoms with Gasteiger partial charge in [-0.15, -0.1) is 11.6 Å². The lowest BCUT2D eigenvalue weighted by molar-refractivity contribution is 0.587. The van der Waals surface area contributed by atoms with Gasteiger partial charge < -0.3 is 5.32 Å². The Morgan fingerprint density at radius 3 is 2.50 bits per heavy atom. The molecule has 1 atom stereocenters. The van der Waals surface area contributed by atoms with E-state index in [4.69, 9.17) is 11.6 Å². The number of pyridine rings is 1. The summed E-state index contributed by atoms with van der Waals surface area (Å²) in [6, 6.07) is 4.15. The third-order valence-corrected chi connectivity index (χ3v) is 3.05. The normalized spacial score (nSPS) is 13.6. The summed E-state index contributed by atoms with van der Waals surface area (Å²) < 4.78 is 0. The molecule has 0 aliphatic heterocycles. The molecule has 0 aromatic carbocycles. The molecule has 16 heavy (non-hydrogen) atoms. The van der Waals surface area contributed by atoms with E-state index in [2.05, 4.69) is 44.1 Å². The highest BCUT2D eigenvalue weighted by molar-refractivity contribution is 6.18. The van der Waals surface area contributed by atoms with Crippen molar-refractivity contribution in [1.82, 2.24) is 4.98 Å². The third kappa shape index (κ3) is 4.01. The zero-order valence-electron chi connectivity index (χ0n) is 10.5. The molecular weight excluding hydrogens is 220 g/mol. The average molecular weight is 241 g/mol. The first-order chi connectivity index (χ1) is 7.43. The summed E-state index contributed by atoms with van der Waals surface area (Å²) in [6.45, 7) is 9.54. The van der Waals surface area contributed by atoms with Gasteiger partial charge in [-0.2, -0.15) is 0 Å². The van der Waals surface area contributed by atoms with E-state index in [9.17, 15) is 0 Å². The SMILES string of the molecule is CC(CCl)CNc1ccc(C(C)(C)C)cn1. The number of hydrogen-bond donors (Lipinski definition) is 1. The summed E-state index contributed by atoms with van der Waals surface area (Å²) >= 11 is 5.74. The zero-order chi connectivity index (χ0) is 12.2. The van der Waals surface area contributed by atoms with Gasteiger partial charge in [0.05, 0.1) is 0 Å². The van der Waals surface area contributed by atoms with Crippen molar-refractivity contribution in [2.24, 2.45) is 5.92 Å². The number of hydrogen-bond acceptors (Lipinski definition) is 2. The van der Waals surface area contributed by atoms with E-state index >= 15 is 0 Å². The molecule has 0 bridgehead atoms. The van der Waals surface area contributed by atoms with E-state index in [0.717, 1.165) is 12.4 Å². The Bertz CT molecular complexity index is 314. The van der Waals surface area contributed by atoms with Crippen LogP contribution in [-0.4, -0.2) is 17.4 Å². The van der Waals surface area contributed by atoms with Gasteiger partial charge in [-0.25, -0.2) is 4.98 Å². The molecule has 0 fully saturated rings. The summed E-state index contributed by atoms with van der Waals surface area (Å²) in [5.41, 5.74) is 1.41. The van der Waals surface area contributed by atoms with Gasteiger partial charge in [-0.05, 0) is 23.0 Å². The van der Waals surface area contributed by atoms with E-state index in [1.165, 1.54) is 5.56 Å². The van der Waals surface area contributed by atoms with Crippen LogP contribution in [0.4, 0.5) is 5.82 Å². The lowest BCUT2D eigenvalue weighted by Crippen LogP contribution is -2.14. The first-order valence-corrected chi connectivity index (χ1v) is 6.23. The molecule has 1 heterocycles. The molecule has 0 saturated heterocycles. The Labute approximate surface area is 103 Å². The maximum absolute atomic E-state index is 5.74. The van der Waals surface area contributed by atoms with E-state index < -0.39 is 0 Å². The predicted molar refractivity (Wildman–Crippen MR) is 71.3 cm³/mol. The maximum Gasteiger partial charge on any atom is 0.125 e. The van der Waals surface area contributed by atoms with E-state index in [0.29, 0.717) is 11.8 Å². The Kier molecular flexibility index (Phi) is 4.60. The zero-order valence-corrected chi connectivity index (χ0v) is 11.3. The van der Waals surface area contributed by atoms with Crippen molar-refractivity contribution < 1.29 is 0 Å². The molecule has 0 spiro atoms. The second-order valence-corrected chi connectivity index (χ2v) is 5.63. The minimum Gasteiger partial charge on any atom is -0.370 e. The van der Waals surface area contributed by atoms with Crippen LogP contribution in [0.1, 0.15) is 33.3 Å². The minimum atomic E-state index is 0.162. The van der Waals surface area contributed by atoms with Crippen molar-refractivity contribution in [1.29, 1.82) is 0 Å². The van der Waals surface area contributed by atoms with Crippen molar-refractivity contribution >= 4 is 17.4 Å². The van der Waals surface area contributed by atoms with Crippen molar-refractivity contribution in [3.63, 3.8) is 0 Å². The van der Waals surface area contributed by atoms with Crippen molar-refractivity contribution in [2.45, 2.75) is 33.1 Å². The topological polar surface area (TPSA) is 24.9 Å². The van der Waals surface area contributed by atoms with Gasteiger partial charge in [0, 0.05) is 18.6 Å². The highest BCUT2D eigenvalue weighted by atomic mass is 35.5. The molecule has 0 radical (unpaired) electrons. The summed E-state index contributed by atoms with van der Waals surface area (Å²) in [7, 11) is 0. The van der Waals surface area contributed by atoms with Gasteiger partial charge in [0.25, 0.3) is 0 Å². The first kappa shape index (κ1) is 13.3. The number of anilines is 1. The van der Waals surface area contributed by atoms with Crippen LogP contribution in [-0.2, 0) is 5.41 Å². The molecule has 2 nitrogen and oxygen atoms in total. The highest BCUT2D eigenvalue weighted by Gasteiger charge is 2.13. The summed E-state index contributed by atoms with van der Waals surface area (Å²) in [6.07, 6.45) is 1.94. The molecule has 1 rings (SSSR count). The number of rotatable bonds is 4. The maximum atomic E-state index is 5.74. The number of halogens is 1. The fraction of sp³-hybridized carbons (Fsp3) is 0.615. The van der Waals surface area contributed by atoms with Crippen LogP contribution in [0.25, 0.3) is 0 Å². The quantitative estimate of drug-likeness (QED) is 0.813. The summed E-state index contributed by atoms with van der Waals surface area (Å²) in [5, 5.41) is 3.28. The molecule has 1 N–H and O–H groups in total. The Morgan fingerprint density at radius 1 is 1.38 bits per heavy atom. The molecule has 0 aliphatic rings. The lowest BCUT2D eigenvalue weighted by Gasteiger charge is -2.18. The van der Waals surface area contributed by atoms with Crippen LogP contribution < -0.4 is 5.32 Å².